The Hall–Kier alpha value is -2.75. The van der Waals surface area contributed by atoms with Crippen LogP contribution in [-0.4, -0.2) is 27.0 Å². The van der Waals surface area contributed by atoms with Gasteiger partial charge in [0.1, 0.15) is 11.5 Å². The average Bonchev–Trinajstić information content (AvgIpc) is 2.98. The first-order valence-electron chi connectivity index (χ1n) is 9.88. The monoisotopic (exact) mass is 356 g/mol. The van der Waals surface area contributed by atoms with E-state index in [2.05, 4.69) is 58.2 Å². The highest BCUT2D eigenvalue weighted by Gasteiger charge is 2.41. The molecule has 0 amide bonds. The van der Waals surface area contributed by atoms with Crippen LogP contribution in [0.25, 0.3) is 11.5 Å². The molecule has 2 bridgehead atoms. The van der Waals surface area contributed by atoms with Crippen LogP contribution in [0.5, 0.6) is 0 Å². The smallest absolute Gasteiger partial charge is 0.180 e. The standard InChI is InChI=1S/C23H24N4/c1-16-13-22(26-23(25-16)21-9-5-6-12-24-21)27-19-10-11-20(27)15-18(14-19)17-7-3-2-4-8-17/h2-9,12-13,18-20H,10-11,14-15H2,1H3/t18?,19-,20+. The minimum absolute atomic E-state index is 0.569. The second kappa shape index (κ2) is 6.76. The summed E-state index contributed by atoms with van der Waals surface area (Å²) >= 11 is 0. The van der Waals surface area contributed by atoms with E-state index in [1.165, 1.54) is 31.2 Å². The third-order valence-electron chi connectivity index (χ3n) is 6.00. The molecule has 3 aromatic rings. The van der Waals surface area contributed by atoms with Crippen LogP contribution in [0.2, 0.25) is 0 Å². The lowest BCUT2D eigenvalue weighted by Gasteiger charge is -2.40. The molecule has 1 unspecified atom stereocenters. The highest BCUT2D eigenvalue weighted by atomic mass is 15.3. The van der Waals surface area contributed by atoms with Crippen molar-refractivity contribution in [1.82, 2.24) is 15.0 Å². The number of benzene rings is 1. The number of nitrogens with zero attached hydrogens (tertiary/aromatic N) is 4. The van der Waals surface area contributed by atoms with Crippen molar-refractivity contribution in [2.45, 2.75) is 50.6 Å². The molecule has 0 N–H and O–H groups in total. The SMILES string of the molecule is Cc1cc(N2[C@@H]3CC[C@H]2CC(c2ccccc2)C3)nc(-c2ccccn2)n1. The van der Waals surface area contributed by atoms with E-state index >= 15 is 0 Å². The van der Waals surface area contributed by atoms with Crippen molar-refractivity contribution in [3.05, 3.63) is 72.1 Å². The van der Waals surface area contributed by atoms with Crippen LogP contribution in [-0.2, 0) is 0 Å². The van der Waals surface area contributed by atoms with Crippen LogP contribution >= 0.6 is 0 Å². The van der Waals surface area contributed by atoms with Gasteiger partial charge in [0.05, 0.1) is 0 Å². The van der Waals surface area contributed by atoms with E-state index < -0.39 is 0 Å². The van der Waals surface area contributed by atoms with Gasteiger partial charge in [-0.05, 0) is 56.2 Å². The Kier molecular flexibility index (Phi) is 4.12. The third-order valence-corrected chi connectivity index (χ3v) is 6.00. The zero-order chi connectivity index (χ0) is 18.2. The molecule has 0 saturated carbocycles. The predicted molar refractivity (Wildman–Crippen MR) is 108 cm³/mol. The van der Waals surface area contributed by atoms with Crippen molar-refractivity contribution in [1.29, 1.82) is 0 Å². The van der Waals surface area contributed by atoms with Gasteiger partial charge in [0.2, 0.25) is 0 Å². The van der Waals surface area contributed by atoms with Crippen molar-refractivity contribution in [3.63, 3.8) is 0 Å². The fourth-order valence-corrected chi connectivity index (χ4v) is 4.84. The number of hydrogen-bond acceptors (Lipinski definition) is 4. The normalized spacial score (nSPS) is 24.2. The van der Waals surface area contributed by atoms with E-state index in [0.717, 1.165) is 23.0 Å². The number of hydrogen-bond donors (Lipinski definition) is 0. The molecule has 1 aromatic carbocycles. The number of aryl methyl sites for hydroxylation is 1. The molecular weight excluding hydrogens is 332 g/mol. The van der Waals surface area contributed by atoms with Gasteiger partial charge in [-0.3, -0.25) is 4.98 Å². The van der Waals surface area contributed by atoms with E-state index in [9.17, 15) is 0 Å². The van der Waals surface area contributed by atoms with Gasteiger partial charge in [0.15, 0.2) is 5.82 Å². The highest BCUT2D eigenvalue weighted by molar-refractivity contribution is 5.55. The maximum Gasteiger partial charge on any atom is 0.180 e. The summed E-state index contributed by atoms with van der Waals surface area (Å²) in [5.74, 6) is 2.47. The molecule has 5 rings (SSSR count). The first kappa shape index (κ1) is 16.4. The molecule has 0 radical (unpaired) electrons. The van der Waals surface area contributed by atoms with Crippen molar-refractivity contribution >= 4 is 5.82 Å². The van der Waals surface area contributed by atoms with Gasteiger partial charge < -0.3 is 4.90 Å². The maximum atomic E-state index is 4.92. The first-order valence-corrected chi connectivity index (χ1v) is 9.88. The number of aromatic nitrogens is 3. The summed E-state index contributed by atoms with van der Waals surface area (Å²) in [6, 6.07) is 20.2. The Morgan fingerprint density at radius 1 is 0.889 bits per heavy atom. The number of rotatable bonds is 3. The largest absolute Gasteiger partial charge is 0.350 e. The molecule has 136 valence electrons. The molecule has 3 atom stereocenters. The fourth-order valence-electron chi connectivity index (χ4n) is 4.84. The van der Waals surface area contributed by atoms with Gasteiger partial charge >= 0.3 is 0 Å². The van der Waals surface area contributed by atoms with E-state index in [1.54, 1.807) is 6.20 Å². The average molecular weight is 356 g/mol. The van der Waals surface area contributed by atoms with Crippen LogP contribution < -0.4 is 4.90 Å². The lowest BCUT2D eigenvalue weighted by molar-refractivity contribution is 0.413. The van der Waals surface area contributed by atoms with Crippen LogP contribution in [0.4, 0.5) is 5.82 Å². The predicted octanol–water partition coefficient (Wildman–Crippen LogP) is 4.76. The maximum absolute atomic E-state index is 4.92. The molecule has 2 aliphatic heterocycles. The summed E-state index contributed by atoms with van der Waals surface area (Å²) in [6.07, 6.45) is 6.74. The van der Waals surface area contributed by atoms with Gasteiger partial charge in [0.25, 0.3) is 0 Å². The quantitative estimate of drug-likeness (QED) is 0.678. The summed E-state index contributed by atoms with van der Waals surface area (Å²) in [5, 5.41) is 0. The summed E-state index contributed by atoms with van der Waals surface area (Å²) in [7, 11) is 0. The van der Waals surface area contributed by atoms with Crippen molar-refractivity contribution in [2.24, 2.45) is 0 Å². The summed E-state index contributed by atoms with van der Waals surface area (Å²) in [5.41, 5.74) is 3.33. The van der Waals surface area contributed by atoms with Crippen molar-refractivity contribution in [3.8, 4) is 11.5 Å². The van der Waals surface area contributed by atoms with E-state index in [0.29, 0.717) is 18.0 Å². The second-order valence-electron chi connectivity index (χ2n) is 7.78. The molecule has 2 saturated heterocycles. The topological polar surface area (TPSA) is 41.9 Å². The van der Waals surface area contributed by atoms with E-state index in [-0.39, 0.29) is 0 Å². The Labute approximate surface area is 160 Å². The Balaban J connectivity index is 1.45. The minimum Gasteiger partial charge on any atom is -0.350 e. The van der Waals surface area contributed by atoms with E-state index in [4.69, 9.17) is 4.98 Å². The number of anilines is 1. The highest BCUT2D eigenvalue weighted by Crippen LogP contribution is 2.44. The number of fused-ring (bicyclic) bond motifs is 2. The van der Waals surface area contributed by atoms with Crippen molar-refractivity contribution in [2.75, 3.05) is 4.90 Å². The minimum atomic E-state index is 0.569. The van der Waals surface area contributed by atoms with Crippen LogP contribution in [0.1, 0.15) is 42.9 Å². The molecule has 27 heavy (non-hydrogen) atoms. The zero-order valence-corrected chi connectivity index (χ0v) is 15.6. The Morgan fingerprint density at radius 2 is 1.63 bits per heavy atom. The van der Waals surface area contributed by atoms with Crippen LogP contribution in [0.15, 0.2) is 60.8 Å². The Morgan fingerprint density at radius 3 is 2.33 bits per heavy atom. The van der Waals surface area contributed by atoms with Gasteiger partial charge in [0, 0.05) is 30.0 Å². The molecule has 4 nitrogen and oxygen atoms in total. The molecule has 0 spiro atoms. The second-order valence-corrected chi connectivity index (χ2v) is 7.78. The molecular formula is C23H24N4. The molecule has 2 aliphatic rings. The molecule has 4 heterocycles. The summed E-state index contributed by atoms with van der Waals surface area (Å²) in [4.78, 5) is 16.6. The van der Waals surface area contributed by atoms with Gasteiger partial charge in [-0.15, -0.1) is 0 Å². The molecule has 4 heteroatoms. The number of pyridine rings is 1. The molecule has 0 aliphatic carbocycles. The van der Waals surface area contributed by atoms with Gasteiger partial charge in [-0.1, -0.05) is 36.4 Å². The third kappa shape index (κ3) is 3.09. The summed E-state index contributed by atoms with van der Waals surface area (Å²) in [6.45, 7) is 2.05. The van der Waals surface area contributed by atoms with E-state index in [1.807, 2.05) is 18.2 Å². The molecule has 2 fully saturated rings. The first-order chi connectivity index (χ1) is 13.3. The lowest BCUT2D eigenvalue weighted by Crippen LogP contribution is -2.43. The van der Waals surface area contributed by atoms with Gasteiger partial charge in [-0.25, -0.2) is 9.97 Å². The lowest BCUT2D eigenvalue weighted by atomic mass is 9.85. The van der Waals surface area contributed by atoms with Crippen LogP contribution in [0.3, 0.4) is 0 Å². The zero-order valence-electron chi connectivity index (χ0n) is 15.6. The summed E-state index contributed by atoms with van der Waals surface area (Å²) < 4.78 is 0. The van der Waals surface area contributed by atoms with Gasteiger partial charge in [-0.2, -0.15) is 0 Å². The Bertz CT molecular complexity index is 912. The number of piperidine rings is 1. The van der Waals surface area contributed by atoms with Crippen molar-refractivity contribution < 1.29 is 0 Å². The molecule has 2 aromatic heterocycles. The van der Waals surface area contributed by atoms with Crippen LogP contribution in [0, 0.1) is 6.92 Å². The fraction of sp³-hybridized carbons (Fsp3) is 0.348.